The number of carbonyl (C=O) groups is 1. The van der Waals surface area contributed by atoms with Crippen LogP contribution in [0.25, 0.3) is 0 Å². The van der Waals surface area contributed by atoms with Crippen molar-refractivity contribution in [2.75, 3.05) is 6.54 Å². The summed E-state index contributed by atoms with van der Waals surface area (Å²) in [6, 6.07) is 7.77. The lowest BCUT2D eigenvalue weighted by Gasteiger charge is -2.21. The van der Waals surface area contributed by atoms with Crippen LogP contribution in [0.15, 0.2) is 29.2 Å². The van der Waals surface area contributed by atoms with Gasteiger partial charge in [-0.1, -0.05) is 31.4 Å². The number of amides is 1. The number of benzene rings is 1. The van der Waals surface area contributed by atoms with E-state index in [1.54, 1.807) is 0 Å². The van der Waals surface area contributed by atoms with Gasteiger partial charge in [-0.05, 0) is 36.5 Å². The molecule has 1 fully saturated rings. The molecule has 0 radical (unpaired) electrons. The summed E-state index contributed by atoms with van der Waals surface area (Å²) in [5.74, 6) is 0.829. The van der Waals surface area contributed by atoms with E-state index in [1.165, 1.54) is 32.1 Å². The maximum absolute atomic E-state index is 11.8. The minimum absolute atomic E-state index is 0.132. The van der Waals surface area contributed by atoms with E-state index < -0.39 is 0 Å². The molecule has 0 aromatic heterocycles. The van der Waals surface area contributed by atoms with Gasteiger partial charge < -0.3 is 5.32 Å². The van der Waals surface area contributed by atoms with Crippen molar-refractivity contribution in [2.24, 2.45) is 5.92 Å². The molecule has 0 spiro atoms. The molecule has 3 heteroatoms. The minimum atomic E-state index is 0.132. The average Bonchev–Trinajstić information content (AvgIpc) is 2.40. The lowest BCUT2D eigenvalue weighted by Crippen LogP contribution is -2.31. The summed E-state index contributed by atoms with van der Waals surface area (Å²) in [6.45, 7) is 0.851. The van der Waals surface area contributed by atoms with Crippen LogP contribution in [0, 0.1) is 5.92 Å². The Bertz CT molecular complexity index is 382. The van der Waals surface area contributed by atoms with E-state index >= 15 is 0 Å². The molecule has 18 heavy (non-hydrogen) atoms. The molecular formula is C15H21NOS. The van der Waals surface area contributed by atoms with Gasteiger partial charge in [0, 0.05) is 11.4 Å². The third-order valence-electron chi connectivity index (χ3n) is 3.61. The van der Waals surface area contributed by atoms with Crippen molar-refractivity contribution in [3.63, 3.8) is 0 Å². The first kappa shape index (κ1) is 13.5. The fourth-order valence-corrected chi connectivity index (χ4v) is 2.66. The summed E-state index contributed by atoms with van der Waals surface area (Å²) in [7, 11) is 0. The second kappa shape index (κ2) is 6.83. The SMILES string of the molecule is O=C(Cc1ccc(S)cc1)NCC1CCCCC1. The van der Waals surface area contributed by atoms with Gasteiger partial charge in [0.2, 0.25) is 5.91 Å². The lowest BCUT2D eigenvalue weighted by atomic mass is 9.89. The van der Waals surface area contributed by atoms with Crippen molar-refractivity contribution >= 4 is 18.5 Å². The van der Waals surface area contributed by atoms with Crippen molar-refractivity contribution < 1.29 is 4.79 Å². The molecule has 2 rings (SSSR count). The highest BCUT2D eigenvalue weighted by Gasteiger charge is 2.14. The first-order chi connectivity index (χ1) is 8.74. The second-order valence-corrected chi connectivity index (χ2v) is 5.67. The van der Waals surface area contributed by atoms with Crippen LogP contribution in [0.1, 0.15) is 37.7 Å². The van der Waals surface area contributed by atoms with Gasteiger partial charge in [0.15, 0.2) is 0 Å². The molecule has 0 unspecified atom stereocenters. The predicted octanol–water partition coefficient (Wildman–Crippen LogP) is 3.21. The lowest BCUT2D eigenvalue weighted by molar-refractivity contribution is -0.120. The summed E-state index contributed by atoms with van der Waals surface area (Å²) in [5.41, 5.74) is 1.05. The van der Waals surface area contributed by atoms with E-state index in [0.717, 1.165) is 17.0 Å². The van der Waals surface area contributed by atoms with Crippen molar-refractivity contribution in [2.45, 2.75) is 43.4 Å². The van der Waals surface area contributed by atoms with Crippen molar-refractivity contribution in [1.29, 1.82) is 0 Å². The zero-order valence-electron chi connectivity index (χ0n) is 10.7. The Hall–Kier alpha value is -0.960. The maximum Gasteiger partial charge on any atom is 0.224 e. The summed E-state index contributed by atoms with van der Waals surface area (Å²) in [6.07, 6.45) is 7.03. The van der Waals surface area contributed by atoms with Gasteiger partial charge in [-0.2, -0.15) is 0 Å². The molecule has 1 saturated carbocycles. The van der Waals surface area contributed by atoms with Crippen LogP contribution < -0.4 is 5.32 Å². The topological polar surface area (TPSA) is 29.1 Å². The first-order valence-electron chi connectivity index (χ1n) is 6.78. The summed E-state index contributed by atoms with van der Waals surface area (Å²) < 4.78 is 0. The quantitative estimate of drug-likeness (QED) is 0.802. The van der Waals surface area contributed by atoms with Crippen molar-refractivity contribution in [1.82, 2.24) is 5.32 Å². The number of hydrogen-bond acceptors (Lipinski definition) is 2. The van der Waals surface area contributed by atoms with Gasteiger partial charge in [0.25, 0.3) is 0 Å². The van der Waals surface area contributed by atoms with Crippen LogP contribution in [0.2, 0.25) is 0 Å². The Balaban J connectivity index is 1.73. The molecule has 1 aromatic carbocycles. The first-order valence-corrected chi connectivity index (χ1v) is 7.23. The van der Waals surface area contributed by atoms with Crippen LogP contribution in [0.5, 0.6) is 0 Å². The van der Waals surface area contributed by atoms with Gasteiger partial charge in [-0.25, -0.2) is 0 Å². The van der Waals surface area contributed by atoms with Gasteiger partial charge in [0.1, 0.15) is 0 Å². The van der Waals surface area contributed by atoms with Crippen LogP contribution in [-0.4, -0.2) is 12.5 Å². The van der Waals surface area contributed by atoms with Crippen molar-refractivity contribution in [3.05, 3.63) is 29.8 Å². The third-order valence-corrected chi connectivity index (χ3v) is 3.91. The zero-order chi connectivity index (χ0) is 12.8. The van der Waals surface area contributed by atoms with E-state index in [1.807, 2.05) is 24.3 Å². The van der Waals surface area contributed by atoms with E-state index in [-0.39, 0.29) is 5.91 Å². The second-order valence-electron chi connectivity index (χ2n) is 5.15. The van der Waals surface area contributed by atoms with E-state index in [4.69, 9.17) is 0 Å². The molecule has 0 bridgehead atoms. The van der Waals surface area contributed by atoms with Gasteiger partial charge in [-0.15, -0.1) is 12.6 Å². The molecule has 1 N–H and O–H groups in total. The highest BCUT2D eigenvalue weighted by molar-refractivity contribution is 7.80. The van der Waals surface area contributed by atoms with Crippen LogP contribution >= 0.6 is 12.6 Å². The van der Waals surface area contributed by atoms with Gasteiger partial charge in [-0.3, -0.25) is 4.79 Å². The Morgan fingerprint density at radius 3 is 2.50 bits per heavy atom. The van der Waals surface area contributed by atoms with Crippen molar-refractivity contribution in [3.8, 4) is 0 Å². The number of hydrogen-bond donors (Lipinski definition) is 2. The largest absolute Gasteiger partial charge is 0.356 e. The smallest absolute Gasteiger partial charge is 0.224 e. The normalized spacial score (nSPS) is 16.5. The standard InChI is InChI=1S/C15H21NOS/c17-15(10-12-6-8-14(18)9-7-12)16-11-13-4-2-1-3-5-13/h6-9,13,18H,1-5,10-11H2,(H,16,17). The molecule has 1 aromatic rings. The minimum Gasteiger partial charge on any atom is -0.356 e. The molecule has 0 saturated heterocycles. The van der Waals surface area contributed by atoms with Crippen LogP contribution in [-0.2, 0) is 11.2 Å². The number of nitrogens with one attached hydrogen (secondary N) is 1. The highest BCUT2D eigenvalue weighted by Crippen LogP contribution is 2.22. The van der Waals surface area contributed by atoms with Gasteiger partial charge in [0.05, 0.1) is 6.42 Å². The molecular weight excluding hydrogens is 242 g/mol. The maximum atomic E-state index is 11.8. The molecule has 1 amide bonds. The summed E-state index contributed by atoms with van der Waals surface area (Å²) in [4.78, 5) is 12.7. The number of thiol groups is 1. The molecule has 0 atom stereocenters. The molecule has 98 valence electrons. The fraction of sp³-hybridized carbons (Fsp3) is 0.533. The third kappa shape index (κ3) is 4.37. The summed E-state index contributed by atoms with van der Waals surface area (Å²) >= 11 is 4.23. The zero-order valence-corrected chi connectivity index (χ0v) is 11.6. The molecule has 1 aliphatic rings. The predicted molar refractivity (Wildman–Crippen MR) is 77.0 cm³/mol. The molecule has 1 aliphatic carbocycles. The van der Waals surface area contributed by atoms with Crippen LogP contribution in [0.3, 0.4) is 0 Å². The van der Waals surface area contributed by atoms with Gasteiger partial charge >= 0.3 is 0 Å². The van der Waals surface area contributed by atoms with Crippen LogP contribution in [0.4, 0.5) is 0 Å². The molecule has 0 aliphatic heterocycles. The van der Waals surface area contributed by atoms with E-state index in [2.05, 4.69) is 17.9 Å². The Morgan fingerprint density at radius 1 is 1.17 bits per heavy atom. The number of carbonyl (C=O) groups excluding carboxylic acids is 1. The van der Waals surface area contributed by atoms with E-state index in [0.29, 0.717) is 12.3 Å². The molecule has 0 heterocycles. The summed E-state index contributed by atoms with van der Waals surface area (Å²) in [5, 5.41) is 3.06. The average molecular weight is 263 g/mol. The molecule has 2 nitrogen and oxygen atoms in total. The Labute approximate surface area is 115 Å². The monoisotopic (exact) mass is 263 g/mol. The van der Waals surface area contributed by atoms with E-state index in [9.17, 15) is 4.79 Å². The highest BCUT2D eigenvalue weighted by atomic mass is 32.1. The Morgan fingerprint density at radius 2 is 1.83 bits per heavy atom. The fourth-order valence-electron chi connectivity index (χ4n) is 2.51. The number of rotatable bonds is 4. The Kier molecular flexibility index (Phi) is 5.12.